The summed E-state index contributed by atoms with van der Waals surface area (Å²) in [5.41, 5.74) is 8.39. The van der Waals surface area contributed by atoms with Crippen molar-refractivity contribution >= 4 is 5.91 Å². The van der Waals surface area contributed by atoms with Crippen LogP contribution in [-0.4, -0.2) is 36.5 Å². The summed E-state index contributed by atoms with van der Waals surface area (Å²) in [6.07, 6.45) is -0.504. The molecule has 2 aromatic rings. The van der Waals surface area contributed by atoms with E-state index in [9.17, 15) is 4.79 Å². The van der Waals surface area contributed by atoms with Crippen molar-refractivity contribution in [2.75, 3.05) is 19.6 Å². The van der Waals surface area contributed by atoms with Gasteiger partial charge in [-0.1, -0.05) is 48.0 Å². The van der Waals surface area contributed by atoms with Gasteiger partial charge >= 0.3 is 0 Å². The maximum absolute atomic E-state index is 12.8. The van der Waals surface area contributed by atoms with Crippen molar-refractivity contribution in [1.29, 1.82) is 0 Å². The molecule has 0 bridgehead atoms. The zero-order valence-corrected chi connectivity index (χ0v) is 14.9. The average molecular weight is 338 g/mol. The summed E-state index contributed by atoms with van der Waals surface area (Å²) in [5.74, 6) is 1.33. The summed E-state index contributed by atoms with van der Waals surface area (Å²) in [6.45, 7) is 5.81. The van der Waals surface area contributed by atoms with Gasteiger partial charge in [0, 0.05) is 19.0 Å². The highest BCUT2D eigenvalue weighted by Gasteiger charge is 2.37. The predicted octanol–water partition coefficient (Wildman–Crippen LogP) is 2.96. The van der Waals surface area contributed by atoms with E-state index in [0.29, 0.717) is 25.6 Å². The molecule has 1 aliphatic heterocycles. The number of aryl methyl sites for hydroxylation is 1. The fourth-order valence-corrected chi connectivity index (χ4v) is 3.50. The SMILES string of the molecule is Cc1ccc(OC(C)C(=O)N2C[C@@H](CN)[C@H](c3ccccc3)C2)cc1. The van der Waals surface area contributed by atoms with Gasteiger partial charge in [-0.25, -0.2) is 0 Å². The van der Waals surface area contributed by atoms with Gasteiger partial charge in [0.25, 0.3) is 5.91 Å². The van der Waals surface area contributed by atoms with Gasteiger partial charge in [0.2, 0.25) is 0 Å². The van der Waals surface area contributed by atoms with Gasteiger partial charge in [0.05, 0.1) is 0 Å². The second kappa shape index (κ2) is 7.70. The van der Waals surface area contributed by atoms with Crippen LogP contribution in [0, 0.1) is 12.8 Å². The molecule has 3 rings (SSSR count). The van der Waals surface area contributed by atoms with Gasteiger partial charge in [0.1, 0.15) is 5.75 Å². The van der Waals surface area contributed by atoms with Gasteiger partial charge in [-0.3, -0.25) is 4.79 Å². The third-order valence-corrected chi connectivity index (χ3v) is 4.96. The van der Waals surface area contributed by atoms with E-state index in [1.54, 1.807) is 0 Å². The smallest absolute Gasteiger partial charge is 0.263 e. The fraction of sp³-hybridized carbons (Fsp3) is 0.381. The number of ether oxygens (including phenoxy) is 1. The molecule has 0 radical (unpaired) electrons. The number of likely N-dealkylation sites (tertiary alicyclic amines) is 1. The Morgan fingerprint density at radius 1 is 1.16 bits per heavy atom. The van der Waals surface area contributed by atoms with Crippen LogP contribution in [0.3, 0.4) is 0 Å². The Balaban J connectivity index is 1.66. The molecule has 1 amide bonds. The highest BCUT2D eigenvalue weighted by atomic mass is 16.5. The van der Waals surface area contributed by atoms with Crippen LogP contribution in [0.15, 0.2) is 54.6 Å². The summed E-state index contributed by atoms with van der Waals surface area (Å²) in [6, 6.07) is 18.1. The minimum absolute atomic E-state index is 0.0254. The van der Waals surface area contributed by atoms with Crippen LogP contribution < -0.4 is 10.5 Å². The van der Waals surface area contributed by atoms with Gasteiger partial charge in [-0.05, 0) is 44.0 Å². The lowest BCUT2D eigenvalue weighted by Gasteiger charge is -2.22. The molecule has 0 aromatic heterocycles. The first kappa shape index (κ1) is 17.5. The van der Waals surface area contributed by atoms with E-state index in [-0.39, 0.29) is 11.8 Å². The number of rotatable bonds is 5. The minimum Gasteiger partial charge on any atom is -0.481 e. The number of carbonyl (C=O) groups excluding carboxylic acids is 1. The van der Waals surface area contributed by atoms with Crippen LogP contribution in [0.2, 0.25) is 0 Å². The third kappa shape index (κ3) is 4.02. The Morgan fingerprint density at radius 2 is 1.84 bits per heavy atom. The summed E-state index contributed by atoms with van der Waals surface area (Å²) >= 11 is 0. The standard InChI is InChI=1S/C21H26N2O2/c1-15-8-10-19(11-9-15)25-16(2)21(24)23-13-18(12-22)20(14-23)17-6-4-3-5-7-17/h3-11,16,18,20H,12-14,22H2,1-2H3/t16?,18-,20+/m1/s1. The van der Waals surface area contributed by atoms with Gasteiger partial charge < -0.3 is 15.4 Å². The zero-order chi connectivity index (χ0) is 17.8. The lowest BCUT2D eigenvalue weighted by Crippen LogP contribution is -2.39. The van der Waals surface area contributed by atoms with Crippen molar-refractivity contribution in [1.82, 2.24) is 4.90 Å². The predicted molar refractivity (Wildman–Crippen MR) is 99.6 cm³/mol. The zero-order valence-electron chi connectivity index (χ0n) is 14.9. The number of nitrogens with zero attached hydrogens (tertiary/aromatic N) is 1. The number of hydrogen-bond acceptors (Lipinski definition) is 3. The number of carbonyl (C=O) groups is 1. The van der Waals surface area contributed by atoms with Crippen molar-refractivity contribution in [3.8, 4) is 5.75 Å². The Bertz CT molecular complexity index is 700. The van der Waals surface area contributed by atoms with Crippen LogP contribution in [-0.2, 0) is 4.79 Å². The second-order valence-corrected chi connectivity index (χ2v) is 6.83. The van der Waals surface area contributed by atoms with Crippen molar-refractivity contribution < 1.29 is 9.53 Å². The molecular weight excluding hydrogens is 312 g/mol. The number of nitrogens with two attached hydrogens (primary N) is 1. The summed E-state index contributed by atoms with van der Waals surface area (Å²) in [4.78, 5) is 14.7. The molecule has 1 fully saturated rings. The van der Waals surface area contributed by atoms with Crippen LogP contribution in [0.1, 0.15) is 24.0 Å². The lowest BCUT2D eigenvalue weighted by molar-refractivity contribution is -0.137. The molecule has 0 aliphatic carbocycles. The molecule has 1 saturated heterocycles. The van der Waals surface area contributed by atoms with Gasteiger partial charge in [-0.15, -0.1) is 0 Å². The molecule has 1 aliphatic rings. The topological polar surface area (TPSA) is 55.6 Å². The third-order valence-electron chi connectivity index (χ3n) is 4.96. The molecule has 3 atom stereocenters. The van der Waals surface area contributed by atoms with E-state index < -0.39 is 6.10 Å². The molecule has 25 heavy (non-hydrogen) atoms. The Kier molecular flexibility index (Phi) is 5.39. The normalized spacial score (nSPS) is 21.2. The summed E-state index contributed by atoms with van der Waals surface area (Å²) in [5, 5.41) is 0. The largest absolute Gasteiger partial charge is 0.481 e. The number of amides is 1. The first-order valence-electron chi connectivity index (χ1n) is 8.85. The Labute approximate surface area is 149 Å². The number of hydrogen-bond donors (Lipinski definition) is 1. The minimum atomic E-state index is -0.504. The first-order chi connectivity index (χ1) is 12.1. The van der Waals surface area contributed by atoms with E-state index in [1.165, 1.54) is 11.1 Å². The van der Waals surface area contributed by atoms with Crippen molar-refractivity contribution in [3.63, 3.8) is 0 Å². The monoisotopic (exact) mass is 338 g/mol. The molecule has 4 nitrogen and oxygen atoms in total. The molecule has 2 N–H and O–H groups in total. The molecule has 0 saturated carbocycles. The van der Waals surface area contributed by atoms with Crippen LogP contribution in [0.4, 0.5) is 0 Å². The molecule has 1 unspecified atom stereocenters. The molecule has 0 spiro atoms. The van der Waals surface area contributed by atoms with Crippen LogP contribution in [0.25, 0.3) is 0 Å². The number of benzene rings is 2. The average Bonchev–Trinajstić information content (AvgIpc) is 3.08. The summed E-state index contributed by atoms with van der Waals surface area (Å²) < 4.78 is 5.83. The van der Waals surface area contributed by atoms with E-state index in [1.807, 2.05) is 61.2 Å². The van der Waals surface area contributed by atoms with E-state index >= 15 is 0 Å². The van der Waals surface area contributed by atoms with E-state index in [0.717, 1.165) is 5.75 Å². The Morgan fingerprint density at radius 3 is 2.48 bits per heavy atom. The van der Waals surface area contributed by atoms with Crippen molar-refractivity contribution in [3.05, 3.63) is 65.7 Å². The van der Waals surface area contributed by atoms with Crippen molar-refractivity contribution in [2.45, 2.75) is 25.9 Å². The molecular formula is C21H26N2O2. The second-order valence-electron chi connectivity index (χ2n) is 6.83. The van der Waals surface area contributed by atoms with Crippen LogP contribution in [0.5, 0.6) is 5.75 Å². The highest BCUT2D eigenvalue weighted by Crippen LogP contribution is 2.32. The molecule has 4 heteroatoms. The van der Waals surface area contributed by atoms with E-state index in [4.69, 9.17) is 10.5 Å². The molecule has 1 heterocycles. The fourth-order valence-electron chi connectivity index (χ4n) is 3.50. The summed E-state index contributed by atoms with van der Waals surface area (Å²) in [7, 11) is 0. The molecule has 2 aromatic carbocycles. The molecule has 132 valence electrons. The van der Waals surface area contributed by atoms with E-state index in [2.05, 4.69) is 12.1 Å². The van der Waals surface area contributed by atoms with Crippen molar-refractivity contribution in [2.24, 2.45) is 11.7 Å². The maximum atomic E-state index is 12.8. The first-order valence-corrected chi connectivity index (χ1v) is 8.85. The highest BCUT2D eigenvalue weighted by molar-refractivity contribution is 5.81. The lowest BCUT2D eigenvalue weighted by atomic mass is 9.89. The van der Waals surface area contributed by atoms with Crippen LogP contribution >= 0.6 is 0 Å². The Hall–Kier alpha value is -2.33. The van der Waals surface area contributed by atoms with Gasteiger partial charge in [-0.2, -0.15) is 0 Å². The maximum Gasteiger partial charge on any atom is 0.263 e. The van der Waals surface area contributed by atoms with Gasteiger partial charge in [0.15, 0.2) is 6.10 Å². The quantitative estimate of drug-likeness (QED) is 0.912.